The van der Waals surface area contributed by atoms with Gasteiger partial charge in [-0.1, -0.05) is 18.2 Å². The normalized spacial score (nSPS) is 20.2. The van der Waals surface area contributed by atoms with Gasteiger partial charge in [0.2, 0.25) is 0 Å². The van der Waals surface area contributed by atoms with Crippen LogP contribution in [0.1, 0.15) is 35.4 Å². The van der Waals surface area contributed by atoms with E-state index >= 15 is 0 Å². The minimum atomic E-state index is -0.365. The highest BCUT2D eigenvalue weighted by molar-refractivity contribution is 5.32. The Morgan fingerprint density at radius 2 is 1.95 bits per heavy atom. The summed E-state index contributed by atoms with van der Waals surface area (Å²) >= 11 is 0. The predicted octanol–water partition coefficient (Wildman–Crippen LogP) is 2.13. The zero-order valence-corrected chi connectivity index (χ0v) is 11.9. The van der Waals surface area contributed by atoms with E-state index < -0.39 is 0 Å². The molecule has 1 aliphatic rings. The summed E-state index contributed by atoms with van der Waals surface area (Å²) in [5, 5.41) is 10.6. The van der Waals surface area contributed by atoms with E-state index in [1.165, 1.54) is 11.1 Å². The van der Waals surface area contributed by atoms with Gasteiger partial charge in [-0.05, 0) is 49.3 Å². The second-order valence-electron chi connectivity index (χ2n) is 5.63. The van der Waals surface area contributed by atoms with Crippen molar-refractivity contribution in [2.45, 2.75) is 38.7 Å². The Labute approximate surface area is 115 Å². The van der Waals surface area contributed by atoms with Crippen molar-refractivity contribution < 1.29 is 9.84 Å². The lowest BCUT2D eigenvalue weighted by Crippen LogP contribution is -2.35. The Morgan fingerprint density at radius 1 is 1.26 bits per heavy atom. The van der Waals surface area contributed by atoms with Crippen LogP contribution in [0, 0.1) is 19.8 Å². The van der Waals surface area contributed by atoms with Crippen LogP contribution < -0.4 is 5.73 Å². The van der Waals surface area contributed by atoms with E-state index in [0.29, 0.717) is 12.5 Å². The molecule has 3 heteroatoms. The first kappa shape index (κ1) is 14.5. The molecular weight excluding hydrogens is 238 g/mol. The van der Waals surface area contributed by atoms with Crippen LogP contribution in [0.15, 0.2) is 18.2 Å². The molecule has 0 aromatic heterocycles. The monoisotopic (exact) mass is 263 g/mol. The van der Waals surface area contributed by atoms with Crippen LogP contribution in [0.5, 0.6) is 0 Å². The molecule has 2 atom stereocenters. The topological polar surface area (TPSA) is 55.5 Å². The second-order valence-corrected chi connectivity index (χ2v) is 5.63. The molecule has 0 saturated carbocycles. The van der Waals surface area contributed by atoms with Crippen molar-refractivity contribution in [2.24, 2.45) is 11.7 Å². The highest BCUT2D eigenvalue weighted by Crippen LogP contribution is 2.30. The highest BCUT2D eigenvalue weighted by atomic mass is 16.5. The van der Waals surface area contributed by atoms with Crippen LogP contribution in [0.4, 0.5) is 0 Å². The molecule has 1 aromatic carbocycles. The van der Waals surface area contributed by atoms with Crippen LogP contribution >= 0.6 is 0 Å². The molecule has 1 fully saturated rings. The molecule has 3 N–H and O–H groups in total. The quantitative estimate of drug-likeness (QED) is 0.875. The number of nitrogens with two attached hydrogens (primary N) is 1. The molecule has 1 saturated heterocycles. The van der Waals surface area contributed by atoms with Crippen LogP contribution in [-0.4, -0.2) is 31.0 Å². The SMILES string of the molecule is Cc1ccc(C(CN)C(O)C2CCOCC2)cc1C. The van der Waals surface area contributed by atoms with E-state index in [0.717, 1.165) is 31.6 Å². The Bertz CT molecular complexity index is 413. The predicted molar refractivity (Wildman–Crippen MR) is 77.3 cm³/mol. The minimum absolute atomic E-state index is 0.0300. The van der Waals surface area contributed by atoms with Crippen molar-refractivity contribution in [2.75, 3.05) is 19.8 Å². The van der Waals surface area contributed by atoms with Crippen LogP contribution in [0.3, 0.4) is 0 Å². The summed E-state index contributed by atoms with van der Waals surface area (Å²) in [7, 11) is 0. The summed E-state index contributed by atoms with van der Waals surface area (Å²) in [4.78, 5) is 0. The lowest BCUT2D eigenvalue weighted by Gasteiger charge is -2.32. The van der Waals surface area contributed by atoms with Crippen LogP contribution in [-0.2, 0) is 4.74 Å². The summed E-state index contributed by atoms with van der Waals surface area (Å²) in [6.07, 6.45) is 1.50. The van der Waals surface area contributed by atoms with Crippen molar-refractivity contribution >= 4 is 0 Å². The molecule has 106 valence electrons. The molecule has 1 heterocycles. The van der Waals surface area contributed by atoms with Gasteiger partial charge in [0.1, 0.15) is 0 Å². The largest absolute Gasteiger partial charge is 0.392 e. The summed E-state index contributed by atoms with van der Waals surface area (Å²) in [5.41, 5.74) is 9.60. The number of aliphatic hydroxyl groups is 1. The van der Waals surface area contributed by atoms with Crippen LogP contribution in [0.25, 0.3) is 0 Å². The average Bonchev–Trinajstić information content (AvgIpc) is 2.44. The van der Waals surface area contributed by atoms with Gasteiger partial charge < -0.3 is 15.6 Å². The summed E-state index contributed by atoms with van der Waals surface area (Å²) < 4.78 is 5.36. The molecule has 1 aliphatic heterocycles. The number of ether oxygens (including phenoxy) is 1. The number of aryl methyl sites for hydroxylation is 2. The Kier molecular flexibility index (Phi) is 4.97. The number of hydrogen-bond donors (Lipinski definition) is 2. The van der Waals surface area contributed by atoms with E-state index in [1.807, 2.05) is 0 Å². The maximum atomic E-state index is 10.6. The first-order chi connectivity index (χ1) is 9.13. The summed E-state index contributed by atoms with van der Waals surface area (Å²) in [6.45, 7) is 6.21. The zero-order chi connectivity index (χ0) is 13.8. The van der Waals surface area contributed by atoms with E-state index in [4.69, 9.17) is 10.5 Å². The molecule has 0 radical (unpaired) electrons. The van der Waals surface area contributed by atoms with E-state index in [-0.39, 0.29) is 12.0 Å². The van der Waals surface area contributed by atoms with Gasteiger partial charge in [0.15, 0.2) is 0 Å². The van der Waals surface area contributed by atoms with Gasteiger partial charge in [0.25, 0.3) is 0 Å². The third-order valence-corrected chi connectivity index (χ3v) is 4.37. The number of hydrogen-bond acceptors (Lipinski definition) is 3. The first-order valence-electron chi connectivity index (χ1n) is 7.16. The Morgan fingerprint density at radius 3 is 2.53 bits per heavy atom. The number of benzene rings is 1. The van der Waals surface area contributed by atoms with Crippen molar-refractivity contribution in [3.8, 4) is 0 Å². The lowest BCUT2D eigenvalue weighted by atomic mass is 9.81. The minimum Gasteiger partial charge on any atom is -0.392 e. The molecule has 3 nitrogen and oxygen atoms in total. The molecule has 2 rings (SSSR count). The fourth-order valence-electron chi connectivity index (χ4n) is 2.85. The molecule has 1 aromatic rings. The van der Waals surface area contributed by atoms with Crippen LogP contribution in [0.2, 0.25) is 0 Å². The molecular formula is C16H25NO2. The second kappa shape index (κ2) is 6.51. The van der Waals surface area contributed by atoms with Gasteiger partial charge in [0.05, 0.1) is 6.10 Å². The van der Waals surface area contributed by atoms with Crippen molar-refractivity contribution in [3.63, 3.8) is 0 Å². The van der Waals surface area contributed by atoms with Gasteiger partial charge >= 0.3 is 0 Å². The van der Waals surface area contributed by atoms with E-state index in [2.05, 4.69) is 32.0 Å². The van der Waals surface area contributed by atoms with Crippen molar-refractivity contribution in [1.82, 2.24) is 0 Å². The molecule has 0 aliphatic carbocycles. The average molecular weight is 263 g/mol. The smallest absolute Gasteiger partial charge is 0.0650 e. The van der Waals surface area contributed by atoms with Gasteiger partial charge in [0, 0.05) is 25.7 Å². The third-order valence-electron chi connectivity index (χ3n) is 4.37. The zero-order valence-electron chi connectivity index (χ0n) is 11.9. The van der Waals surface area contributed by atoms with Gasteiger partial charge in [-0.15, -0.1) is 0 Å². The Balaban J connectivity index is 2.15. The number of rotatable bonds is 4. The van der Waals surface area contributed by atoms with E-state index in [9.17, 15) is 5.11 Å². The molecule has 19 heavy (non-hydrogen) atoms. The lowest BCUT2D eigenvalue weighted by molar-refractivity contribution is -0.00194. The molecule has 0 bridgehead atoms. The van der Waals surface area contributed by atoms with Gasteiger partial charge in [-0.25, -0.2) is 0 Å². The van der Waals surface area contributed by atoms with Crippen molar-refractivity contribution in [1.29, 1.82) is 0 Å². The summed E-state index contributed by atoms with van der Waals surface area (Å²) in [6, 6.07) is 6.38. The molecule has 2 unspecified atom stereocenters. The first-order valence-corrected chi connectivity index (χ1v) is 7.16. The maximum absolute atomic E-state index is 10.6. The summed E-state index contributed by atoms with van der Waals surface area (Å²) in [5.74, 6) is 0.339. The standard InChI is InChI=1S/C16H25NO2/c1-11-3-4-14(9-12(11)2)15(10-17)16(18)13-5-7-19-8-6-13/h3-4,9,13,15-16,18H,5-8,10,17H2,1-2H3. The highest BCUT2D eigenvalue weighted by Gasteiger charge is 2.29. The fourth-order valence-corrected chi connectivity index (χ4v) is 2.85. The maximum Gasteiger partial charge on any atom is 0.0650 e. The van der Waals surface area contributed by atoms with E-state index in [1.54, 1.807) is 0 Å². The molecule has 0 spiro atoms. The van der Waals surface area contributed by atoms with Gasteiger partial charge in [-0.3, -0.25) is 0 Å². The third kappa shape index (κ3) is 3.35. The fraction of sp³-hybridized carbons (Fsp3) is 0.625. The Hall–Kier alpha value is -0.900. The number of aliphatic hydroxyl groups excluding tert-OH is 1. The molecule has 0 amide bonds. The van der Waals surface area contributed by atoms with Gasteiger partial charge in [-0.2, -0.15) is 0 Å². The van der Waals surface area contributed by atoms with Crippen molar-refractivity contribution in [3.05, 3.63) is 34.9 Å².